The maximum Gasteiger partial charge on any atom is 0.156 e. The number of hydrogen-bond acceptors (Lipinski definition) is 3. The zero-order chi connectivity index (χ0) is 11.0. The van der Waals surface area contributed by atoms with E-state index in [0.29, 0.717) is 6.61 Å². The van der Waals surface area contributed by atoms with Gasteiger partial charge in [0.25, 0.3) is 0 Å². The Morgan fingerprint density at radius 1 is 1.31 bits per heavy atom. The predicted molar refractivity (Wildman–Crippen MR) is 64.7 cm³/mol. The van der Waals surface area contributed by atoms with Crippen molar-refractivity contribution in [1.82, 2.24) is 0 Å². The third kappa shape index (κ3) is 1.59. The molecule has 0 amide bonds. The molecule has 4 heteroatoms. The molecule has 82 valence electrons. The van der Waals surface area contributed by atoms with Crippen LogP contribution in [0, 0.1) is 0 Å². The minimum atomic E-state index is 0.153. The number of nitrogens with one attached hydrogen (secondary N) is 1. The molecule has 1 N–H and O–H groups in total. The predicted octanol–water partition coefficient (Wildman–Crippen LogP) is 3.59. The number of benzene rings is 1. The van der Waals surface area contributed by atoms with Crippen LogP contribution in [0.1, 0.15) is 11.6 Å². The Kier molecular flexibility index (Phi) is 2.36. The summed E-state index contributed by atoms with van der Waals surface area (Å²) >= 11 is 3.47. The molecule has 0 radical (unpaired) electrons. The lowest BCUT2D eigenvalue weighted by Gasteiger charge is -2.27. The highest BCUT2D eigenvalue weighted by Gasteiger charge is 2.22. The molecular weight excluding hydrogens is 270 g/mol. The average molecular weight is 280 g/mol. The first-order valence-electron chi connectivity index (χ1n) is 5.04. The molecule has 0 aliphatic carbocycles. The fourth-order valence-corrected chi connectivity index (χ4v) is 2.30. The van der Waals surface area contributed by atoms with Crippen LogP contribution in [0.25, 0.3) is 0 Å². The van der Waals surface area contributed by atoms with Crippen molar-refractivity contribution in [1.29, 1.82) is 0 Å². The van der Waals surface area contributed by atoms with Crippen molar-refractivity contribution in [3.05, 3.63) is 46.8 Å². The Bertz CT molecular complexity index is 496. The summed E-state index contributed by atoms with van der Waals surface area (Å²) < 4.78 is 11.8. The molecule has 0 saturated heterocycles. The topological polar surface area (TPSA) is 34.4 Å². The Morgan fingerprint density at radius 2 is 2.25 bits per heavy atom. The van der Waals surface area contributed by atoms with Gasteiger partial charge in [-0.15, -0.1) is 0 Å². The summed E-state index contributed by atoms with van der Waals surface area (Å²) in [7, 11) is 0. The molecular formula is C12H10BrNO2. The highest BCUT2D eigenvalue weighted by Crippen LogP contribution is 2.38. The van der Waals surface area contributed by atoms with Gasteiger partial charge in [0.2, 0.25) is 0 Å². The van der Waals surface area contributed by atoms with Gasteiger partial charge in [0, 0.05) is 5.56 Å². The maximum atomic E-state index is 5.74. The van der Waals surface area contributed by atoms with Gasteiger partial charge >= 0.3 is 0 Å². The number of halogens is 1. The van der Waals surface area contributed by atoms with Crippen LogP contribution in [0.15, 0.2) is 45.7 Å². The lowest BCUT2D eigenvalue weighted by molar-refractivity contribution is 0.284. The van der Waals surface area contributed by atoms with E-state index in [-0.39, 0.29) is 6.04 Å². The summed E-state index contributed by atoms with van der Waals surface area (Å²) in [6.45, 7) is 0.606. The molecule has 1 aliphatic rings. The molecule has 0 spiro atoms. The first kappa shape index (κ1) is 9.78. The van der Waals surface area contributed by atoms with Crippen LogP contribution in [-0.2, 0) is 0 Å². The second-order valence-corrected chi connectivity index (χ2v) is 4.54. The van der Waals surface area contributed by atoms with Gasteiger partial charge in [0.05, 0.1) is 28.7 Å². The molecule has 1 atom stereocenters. The Balaban J connectivity index is 1.92. The van der Waals surface area contributed by atoms with Crippen molar-refractivity contribution in [3.8, 4) is 5.75 Å². The maximum absolute atomic E-state index is 5.74. The average Bonchev–Trinajstić information content (AvgIpc) is 2.82. The van der Waals surface area contributed by atoms with E-state index in [1.165, 1.54) is 0 Å². The van der Waals surface area contributed by atoms with Gasteiger partial charge in [-0.3, -0.25) is 0 Å². The summed E-state index contributed by atoms with van der Waals surface area (Å²) in [5.41, 5.74) is 2.11. The summed E-state index contributed by atoms with van der Waals surface area (Å²) in [6, 6.07) is 8.06. The molecule has 16 heavy (non-hydrogen) atoms. The summed E-state index contributed by atoms with van der Waals surface area (Å²) in [5.74, 6) is 0.877. The van der Waals surface area contributed by atoms with E-state index in [1.807, 2.05) is 24.3 Å². The van der Waals surface area contributed by atoms with Crippen LogP contribution < -0.4 is 10.1 Å². The largest absolute Gasteiger partial charge is 0.488 e. The minimum absolute atomic E-state index is 0.153. The van der Waals surface area contributed by atoms with Crippen LogP contribution in [0.5, 0.6) is 5.75 Å². The Hall–Kier alpha value is -1.42. The fourth-order valence-electron chi connectivity index (χ4n) is 1.82. The van der Waals surface area contributed by atoms with E-state index in [9.17, 15) is 0 Å². The molecule has 2 aromatic rings. The zero-order valence-corrected chi connectivity index (χ0v) is 10.0. The highest BCUT2D eigenvalue weighted by atomic mass is 79.9. The standard InChI is InChI=1S/C12H10BrNO2/c13-9-2-1-3-10-12(9)16-7-11(14-10)8-4-5-15-6-8/h1-6,11,14H,7H2. The number of furan rings is 1. The number of rotatable bonds is 1. The number of ether oxygens (including phenoxy) is 1. The second kappa shape index (κ2) is 3.87. The third-order valence-electron chi connectivity index (χ3n) is 2.64. The minimum Gasteiger partial charge on any atom is -0.488 e. The van der Waals surface area contributed by atoms with Crippen LogP contribution in [-0.4, -0.2) is 6.61 Å². The van der Waals surface area contributed by atoms with E-state index in [0.717, 1.165) is 21.5 Å². The van der Waals surface area contributed by atoms with Gasteiger partial charge < -0.3 is 14.5 Å². The van der Waals surface area contributed by atoms with Crippen molar-refractivity contribution in [2.24, 2.45) is 0 Å². The van der Waals surface area contributed by atoms with Gasteiger partial charge in [0.15, 0.2) is 5.75 Å². The van der Waals surface area contributed by atoms with Gasteiger partial charge in [-0.2, -0.15) is 0 Å². The first-order chi connectivity index (χ1) is 7.84. The van der Waals surface area contributed by atoms with Crippen molar-refractivity contribution < 1.29 is 9.15 Å². The molecule has 1 aliphatic heterocycles. The van der Waals surface area contributed by atoms with Gasteiger partial charge in [-0.05, 0) is 34.1 Å². The van der Waals surface area contributed by atoms with Crippen molar-refractivity contribution in [3.63, 3.8) is 0 Å². The van der Waals surface area contributed by atoms with Crippen LogP contribution >= 0.6 is 15.9 Å². The first-order valence-corrected chi connectivity index (χ1v) is 5.84. The molecule has 2 heterocycles. The lowest BCUT2D eigenvalue weighted by Crippen LogP contribution is -2.23. The van der Waals surface area contributed by atoms with Crippen molar-refractivity contribution >= 4 is 21.6 Å². The van der Waals surface area contributed by atoms with Crippen LogP contribution in [0.4, 0.5) is 5.69 Å². The molecule has 0 bridgehead atoms. The zero-order valence-electron chi connectivity index (χ0n) is 8.44. The molecule has 0 saturated carbocycles. The smallest absolute Gasteiger partial charge is 0.156 e. The highest BCUT2D eigenvalue weighted by molar-refractivity contribution is 9.10. The van der Waals surface area contributed by atoms with Gasteiger partial charge in [-0.25, -0.2) is 0 Å². The number of fused-ring (bicyclic) bond motifs is 1. The number of para-hydroxylation sites is 1. The fraction of sp³-hybridized carbons (Fsp3) is 0.167. The van der Waals surface area contributed by atoms with E-state index in [2.05, 4.69) is 21.2 Å². The molecule has 1 aromatic carbocycles. The summed E-state index contributed by atoms with van der Waals surface area (Å²) in [5, 5.41) is 3.43. The second-order valence-electron chi connectivity index (χ2n) is 3.68. The summed E-state index contributed by atoms with van der Waals surface area (Å²) in [6.07, 6.45) is 3.41. The Morgan fingerprint density at radius 3 is 3.06 bits per heavy atom. The molecule has 1 aromatic heterocycles. The molecule has 0 fully saturated rings. The molecule has 3 rings (SSSR count). The van der Waals surface area contributed by atoms with E-state index in [4.69, 9.17) is 9.15 Å². The van der Waals surface area contributed by atoms with Crippen LogP contribution in [0.2, 0.25) is 0 Å². The quantitative estimate of drug-likeness (QED) is 0.866. The van der Waals surface area contributed by atoms with Crippen molar-refractivity contribution in [2.45, 2.75) is 6.04 Å². The third-order valence-corrected chi connectivity index (χ3v) is 3.26. The van der Waals surface area contributed by atoms with E-state index >= 15 is 0 Å². The van der Waals surface area contributed by atoms with E-state index < -0.39 is 0 Å². The Labute approximate surface area is 102 Å². The van der Waals surface area contributed by atoms with E-state index in [1.54, 1.807) is 12.5 Å². The van der Waals surface area contributed by atoms with Crippen LogP contribution in [0.3, 0.4) is 0 Å². The number of hydrogen-bond donors (Lipinski definition) is 1. The van der Waals surface area contributed by atoms with Crippen molar-refractivity contribution in [2.75, 3.05) is 11.9 Å². The van der Waals surface area contributed by atoms with Gasteiger partial charge in [0.1, 0.15) is 6.61 Å². The SMILES string of the molecule is Brc1cccc2c1OCC(c1ccoc1)N2. The molecule has 1 unspecified atom stereocenters. The normalized spacial score (nSPS) is 18.4. The monoisotopic (exact) mass is 279 g/mol. The number of anilines is 1. The molecule has 3 nitrogen and oxygen atoms in total. The lowest BCUT2D eigenvalue weighted by atomic mass is 10.1. The van der Waals surface area contributed by atoms with Gasteiger partial charge in [-0.1, -0.05) is 6.07 Å². The summed E-state index contributed by atoms with van der Waals surface area (Å²) in [4.78, 5) is 0.